The molecule has 0 aliphatic carbocycles. The highest BCUT2D eigenvalue weighted by Gasteiger charge is 2.29. The van der Waals surface area contributed by atoms with Crippen molar-refractivity contribution in [3.63, 3.8) is 0 Å². The van der Waals surface area contributed by atoms with Gasteiger partial charge in [-0.25, -0.2) is 23.7 Å². The summed E-state index contributed by atoms with van der Waals surface area (Å²) in [5.41, 5.74) is 0.987. The second-order valence-corrected chi connectivity index (χ2v) is 9.42. The maximum Gasteiger partial charge on any atom is 0.223 e. The van der Waals surface area contributed by atoms with Crippen LogP contribution >= 0.6 is 0 Å². The Balaban J connectivity index is 1.62. The van der Waals surface area contributed by atoms with Crippen molar-refractivity contribution in [1.82, 2.24) is 24.7 Å². The number of hydrogen-bond donors (Lipinski definition) is 1. The molecule has 0 radical (unpaired) electrons. The summed E-state index contributed by atoms with van der Waals surface area (Å²) >= 11 is 0. The monoisotopic (exact) mass is 550 g/mol. The molecule has 0 amide bonds. The van der Waals surface area contributed by atoms with E-state index in [1.54, 1.807) is 30.3 Å². The molecule has 4 aromatic rings. The smallest absolute Gasteiger partial charge is 0.223 e. The van der Waals surface area contributed by atoms with E-state index in [1.807, 2.05) is 0 Å². The second-order valence-electron chi connectivity index (χ2n) is 9.42. The molecule has 0 bridgehead atoms. The van der Waals surface area contributed by atoms with Crippen LogP contribution in [0.5, 0.6) is 11.5 Å². The second kappa shape index (κ2) is 11.3. The number of hydrogen-bond acceptors (Lipinski definition) is 9. The molecule has 0 spiro atoms. The van der Waals surface area contributed by atoms with Crippen molar-refractivity contribution in [2.45, 2.75) is 18.9 Å². The zero-order valence-electron chi connectivity index (χ0n) is 22.3. The number of ether oxygens (including phenoxy) is 3. The lowest BCUT2D eigenvalue weighted by Gasteiger charge is -2.31. The fourth-order valence-corrected chi connectivity index (χ4v) is 4.79. The van der Waals surface area contributed by atoms with Gasteiger partial charge in [-0.1, -0.05) is 6.58 Å². The predicted octanol–water partition coefficient (Wildman–Crippen LogP) is 4.35. The number of aromatic nitrogens is 5. The minimum atomic E-state index is -0.915. The van der Waals surface area contributed by atoms with E-state index in [0.717, 1.165) is 6.07 Å². The van der Waals surface area contributed by atoms with E-state index >= 15 is 8.78 Å². The summed E-state index contributed by atoms with van der Waals surface area (Å²) in [6.45, 7) is 4.52. The molecule has 208 valence electrons. The van der Waals surface area contributed by atoms with Gasteiger partial charge in [-0.3, -0.25) is 9.48 Å². The van der Waals surface area contributed by atoms with Gasteiger partial charge in [-0.05, 0) is 24.5 Å². The summed E-state index contributed by atoms with van der Waals surface area (Å²) in [5, 5.41) is 8.02. The largest absolute Gasteiger partial charge is 0.494 e. The van der Waals surface area contributed by atoms with Gasteiger partial charge in [0, 0.05) is 49.5 Å². The first-order valence-corrected chi connectivity index (χ1v) is 12.6. The summed E-state index contributed by atoms with van der Waals surface area (Å²) in [6, 6.07) is 2.45. The van der Waals surface area contributed by atoms with E-state index in [-0.39, 0.29) is 34.9 Å². The summed E-state index contributed by atoms with van der Waals surface area (Å²) in [7, 11) is 4.32. The molecule has 5 rings (SSSR count). The van der Waals surface area contributed by atoms with Gasteiger partial charge in [0.05, 0.1) is 44.3 Å². The molecule has 0 unspecified atom stereocenters. The Morgan fingerprint density at radius 3 is 2.60 bits per heavy atom. The SMILES string of the molecule is C=CC(=O)C[C@H]1CCOC[C@H]1Nc1ncc2cc(-c3c(F)c(OC)cc(OC)c3F)nc(-c3cnn(C)c3)c2n1. The van der Waals surface area contributed by atoms with Crippen LogP contribution in [0.1, 0.15) is 12.8 Å². The number of rotatable bonds is 9. The molecule has 40 heavy (non-hydrogen) atoms. The Hall–Kier alpha value is -4.45. The zero-order chi connectivity index (χ0) is 28.4. The molecule has 1 fully saturated rings. The number of ketones is 1. The Bertz CT molecular complexity index is 1560. The Kier molecular flexibility index (Phi) is 7.69. The van der Waals surface area contributed by atoms with Crippen LogP contribution in [0, 0.1) is 17.6 Å². The highest BCUT2D eigenvalue weighted by atomic mass is 19.1. The fraction of sp³-hybridized carbons (Fsp3) is 0.321. The third kappa shape index (κ3) is 5.22. The zero-order valence-corrected chi connectivity index (χ0v) is 22.3. The number of fused-ring (bicyclic) bond motifs is 1. The van der Waals surface area contributed by atoms with Gasteiger partial charge in [-0.2, -0.15) is 5.10 Å². The molecule has 0 saturated carbocycles. The van der Waals surface area contributed by atoms with Crippen molar-refractivity contribution in [2.75, 3.05) is 32.8 Å². The van der Waals surface area contributed by atoms with Gasteiger partial charge in [0.2, 0.25) is 5.95 Å². The van der Waals surface area contributed by atoms with Crippen molar-refractivity contribution in [3.8, 4) is 34.0 Å². The quantitative estimate of drug-likeness (QED) is 0.304. The lowest BCUT2D eigenvalue weighted by Crippen LogP contribution is -2.40. The van der Waals surface area contributed by atoms with Gasteiger partial charge >= 0.3 is 0 Å². The number of anilines is 1. The molecule has 1 N–H and O–H groups in total. The van der Waals surface area contributed by atoms with Crippen LogP contribution < -0.4 is 14.8 Å². The van der Waals surface area contributed by atoms with Crippen molar-refractivity contribution < 1.29 is 27.8 Å². The van der Waals surface area contributed by atoms with Crippen LogP contribution in [0.25, 0.3) is 33.4 Å². The highest BCUT2D eigenvalue weighted by Crippen LogP contribution is 2.39. The molecule has 1 aliphatic heterocycles. The van der Waals surface area contributed by atoms with Gasteiger partial charge in [0.15, 0.2) is 28.9 Å². The van der Waals surface area contributed by atoms with Gasteiger partial charge in [-0.15, -0.1) is 0 Å². The number of carbonyl (C=O) groups is 1. The third-order valence-corrected chi connectivity index (χ3v) is 6.88. The van der Waals surface area contributed by atoms with E-state index in [9.17, 15) is 4.79 Å². The van der Waals surface area contributed by atoms with Crippen molar-refractivity contribution in [3.05, 3.63) is 55.0 Å². The number of nitrogens with zero attached hydrogens (tertiary/aromatic N) is 5. The fourth-order valence-electron chi connectivity index (χ4n) is 4.79. The van der Waals surface area contributed by atoms with Crippen LogP contribution in [-0.4, -0.2) is 64.0 Å². The lowest BCUT2D eigenvalue weighted by molar-refractivity contribution is -0.116. The number of nitrogens with one attached hydrogen (secondary N) is 1. The number of benzene rings is 1. The molecule has 10 nitrogen and oxygen atoms in total. The lowest BCUT2D eigenvalue weighted by atomic mass is 9.90. The van der Waals surface area contributed by atoms with Crippen LogP contribution in [0.3, 0.4) is 0 Å². The summed E-state index contributed by atoms with van der Waals surface area (Å²) < 4.78 is 48.2. The van der Waals surface area contributed by atoms with Crippen molar-refractivity contribution in [2.24, 2.45) is 13.0 Å². The molecular weight excluding hydrogens is 522 g/mol. The molecule has 1 saturated heterocycles. The molecule has 4 heterocycles. The van der Waals surface area contributed by atoms with E-state index in [2.05, 4.69) is 27.0 Å². The number of methoxy groups -OCH3 is 2. The molecule has 12 heteroatoms. The first-order valence-electron chi connectivity index (χ1n) is 12.6. The van der Waals surface area contributed by atoms with Crippen LogP contribution in [-0.2, 0) is 16.6 Å². The number of halogens is 2. The number of pyridine rings is 1. The maximum absolute atomic E-state index is 15.4. The Morgan fingerprint density at radius 1 is 1.20 bits per heavy atom. The number of carbonyl (C=O) groups excluding carboxylic acids is 1. The first-order chi connectivity index (χ1) is 19.3. The summed E-state index contributed by atoms with van der Waals surface area (Å²) in [5.74, 6) is -1.92. The molecule has 1 aromatic carbocycles. The first kappa shape index (κ1) is 27.1. The minimum absolute atomic E-state index is 0.00606. The minimum Gasteiger partial charge on any atom is -0.494 e. The van der Waals surface area contributed by atoms with Crippen molar-refractivity contribution >= 4 is 22.6 Å². The third-order valence-electron chi connectivity index (χ3n) is 6.88. The topological polar surface area (TPSA) is 113 Å². The number of aryl methyl sites for hydroxylation is 1. The average molecular weight is 551 g/mol. The average Bonchev–Trinajstić information content (AvgIpc) is 3.40. The van der Waals surface area contributed by atoms with E-state index in [0.29, 0.717) is 54.2 Å². The van der Waals surface area contributed by atoms with Gasteiger partial charge in [0.25, 0.3) is 0 Å². The van der Waals surface area contributed by atoms with E-state index in [4.69, 9.17) is 19.2 Å². The van der Waals surface area contributed by atoms with E-state index < -0.39 is 17.2 Å². The van der Waals surface area contributed by atoms with Crippen LogP contribution in [0.2, 0.25) is 0 Å². The van der Waals surface area contributed by atoms with E-state index in [1.165, 1.54) is 26.4 Å². The van der Waals surface area contributed by atoms with Crippen LogP contribution in [0.4, 0.5) is 14.7 Å². The standard InChI is InChI=1S/C28H28F2N6O4/c1-5-18(37)8-15-6-7-40-14-20(15)34-28-31-11-16-9-19(23-24(29)21(38-3)10-22(39-4)25(23)30)33-27(26(16)35-28)17-12-32-36(2)13-17/h5,9-13,15,20H,1,6-8,14H2,2-4H3,(H,31,34,35)/t15-,20-/m1/s1. The predicted molar refractivity (Wildman–Crippen MR) is 144 cm³/mol. The molecule has 3 aromatic heterocycles. The molecule has 1 aliphatic rings. The Labute approximate surface area is 229 Å². The van der Waals surface area contributed by atoms with Gasteiger partial charge < -0.3 is 19.5 Å². The number of allylic oxidation sites excluding steroid dienone is 1. The highest BCUT2D eigenvalue weighted by molar-refractivity contribution is 5.94. The Morgan fingerprint density at radius 2 is 1.95 bits per heavy atom. The normalized spacial score (nSPS) is 17.0. The van der Waals surface area contributed by atoms with Crippen LogP contribution in [0.15, 0.2) is 43.4 Å². The summed E-state index contributed by atoms with van der Waals surface area (Å²) in [6.07, 6.45) is 7.24. The van der Waals surface area contributed by atoms with Crippen molar-refractivity contribution in [1.29, 1.82) is 0 Å². The molecular formula is C28H28F2N6O4. The molecule has 2 atom stereocenters. The summed E-state index contributed by atoms with van der Waals surface area (Å²) in [4.78, 5) is 25.8. The van der Waals surface area contributed by atoms with Gasteiger partial charge in [0.1, 0.15) is 11.2 Å². The maximum atomic E-state index is 15.4.